The molecule has 0 saturated heterocycles. The Morgan fingerprint density at radius 3 is 2.75 bits per heavy atom. The van der Waals surface area contributed by atoms with Gasteiger partial charge in [0.25, 0.3) is 0 Å². The molecular weight excluding hydrogens is 250 g/mol. The second-order valence-corrected chi connectivity index (χ2v) is 5.79. The third-order valence-electron chi connectivity index (χ3n) is 2.84. The van der Waals surface area contributed by atoms with E-state index in [9.17, 15) is 0 Å². The van der Waals surface area contributed by atoms with Gasteiger partial charge in [-0.25, -0.2) is 4.68 Å². The number of nitrogens with one attached hydrogen (secondary N) is 1. The van der Waals surface area contributed by atoms with Gasteiger partial charge >= 0.3 is 0 Å². The van der Waals surface area contributed by atoms with E-state index < -0.39 is 0 Å². The number of benzene rings is 1. The highest BCUT2D eigenvalue weighted by Gasteiger charge is 2.10. The molecule has 0 bridgehead atoms. The van der Waals surface area contributed by atoms with E-state index in [1.807, 2.05) is 48.1 Å². The van der Waals surface area contributed by atoms with Crippen LogP contribution in [0.1, 0.15) is 33.4 Å². The van der Waals surface area contributed by atoms with Gasteiger partial charge in [-0.1, -0.05) is 6.07 Å². The van der Waals surface area contributed by atoms with Crippen LogP contribution in [0.25, 0.3) is 5.69 Å². The van der Waals surface area contributed by atoms with Crippen molar-refractivity contribution in [3.8, 4) is 11.4 Å². The predicted molar refractivity (Wildman–Crippen MR) is 81.3 cm³/mol. The Morgan fingerprint density at radius 1 is 1.25 bits per heavy atom. The summed E-state index contributed by atoms with van der Waals surface area (Å²) in [6.07, 6.45) is 1.98. The number of rotatable bonds is 5. The monoisotopic (exact) mass is 273 g/mol. The molecular formula is C16H23N3O. The third kappa shape index (κ3) is 4.10. The number of ether oxygens (including phenoxy) is 1. The number of nitrogens with zero attached hydrogens (tertiary/aromatic N) is 2. The first-order valence-corrected chi connectivity index (χ1v) is 7.01. The molecule has 0 spiro atoms. The molecule has 0 aliphatic rings. The maximum atomic E-state index is 5.51. The molecule has 0 radical (unpaired) electrons. The molecule has 0 amide bonds. The average molecular weight is 273 g/mol. The zero-order valence-corrected chi connectivity index (χ0v) is 12.7. The minimum atomic E-state index is 0.0959. The fourth-order valence-corrected chi connectivity index (χ4v) is 1.84. The van der Waals surface area contributed by atoms with Crippen molar-refractivity contribution in [3.63, 3.8) is 0 Å². The largest absolute Gasteiger partial charge is 0.494 e. The molecule has 1 N–H and O–H groups in total. The maximum absolute atomic E-state index is 5.51. The van der Waals surface area contributed by atoms with Crippen LogP contribution in [0.15, 0.2) is 36.5 Å². The highest BCUT2D eigenvalue weighted by molar-refractivity contribution is 5.38. The lowest BCUT2D eigenvalue weighted by Crippen LogP contribution is -2.35. The van der Waals surface area contributed by atoms with Gasteiger partial charge in [-0.05, 0) is 45.9 Å². The van der Waals surface area contributed by atoms with Gasteiger partial charge in [-0.15, -0.1) is 0 Å². The molecule has 0 aliphatic heterocycles. The van der Waals surface area contributed by atoms with E-state index in [1.165, 1.54) is 0 Å². The van der Waals surface area contributed by atoms with Gasteiger partial charge in [0, 0.05) is 24.3 Å². The summed E-state index contributed by atoms with van der Waals surface area (Å²) >= 11 is 0. The zero-order chi connectivity index (χ0) is 14.6. The average Bonchev–Trinajstić information content (AvgIpc) is 2.85. The Hall–Kier alpha value is -1.81. The van der Waals surface area contributed by atoms with Crippen LogP contribution in [-0.2, 0) is 6.54 Å². The molecule has 0 aliphatic carbocycles. The number of aromatic nitrogens is 2. The van der Waals surface area contributed by atoms with Crippen LogP contribution in [0.3, 0.4) is 0 Å². The fourth-order valence-electron chi connectivity index (χ4n) is 1.84. The van der Waals surface area contributed by atoms with Gasteiger partial charge in [-0.2, -0.15) is 5.10 Å². The summed E-state index contributed by atoms with van der Waals surface area (Å²) in [6, 6.07) is 9.99. The van der Waals surface area contributed by atoms with Gasteiger partial charge in [0.2, 0.25) is 0 Å². The SMILES string of the molecule is CCOc1cccc(-n2ccc(CNC(C)(C)C)n2)c1. The van der Waals surface area contributed by atoms with E-state index in [2.05, 4.69) is 31.2 Å². The Balaban J connectivity index is 2.10. The molecule has 0 unspecified atom stereocenters. The van der Waals surface area contributed by atoms with Crippen LogP contribution in [-0.4, -0.2) is 21.9 Å². The molecule has 4 nitrogen and oxygen atoms in total. The number of hydrogen-bond donors (Lipinski definition) is 1. The van der Waals surface area contributed by atoms with Crippen LogP contribution in [0.2, 0.25) is 0 Å². The van der Waals surface area contributed by atoms with Gasteiger partial charge in [0.05, 0.1) is 18.0 Å². The van der Waals surface area contributed by atoms with E-state index in [4.69, 9.17) is 4.74 Å². The third-order valence-corrected chi connectivity index (χ3v) is 2.84. The van der Waals surface area contributed by atoms with E-state index in [0.29, 0.717) is 6.61 Å². The lowest BCUT2D eigenvalue weighted by atomic mass is 10.1. The lowest BCUT2D eigenvalue weighted by Gasteiger charge is -2.19. The normalized spacial score (nSPS) is 11.6. The summed E-state index contributed by atoms with van der Waals surface area (Å²) in [4.78, 5) is 0. The molecule has 4 heteroatoms. The Labute approximate surface area is 120 Å². The minimum absolute atomic E-state index is 0.0959. The van der Waals surface area contributed by atoms with E-state index >= 15 is 0 Å². The molecule has 1 aromatic carbocycles. The lowest BCUT2D eigenvalue weighted by molar-refractivity contribution is 0.340. The highest BCUT2D eigenvalue weighted by atomic mass is 16.5. The van der Waals surface area contributed by atoms with Crippen molar-refractivity contribution in [3.05, 3.63) is 42.2 Å². The summed E-state index contributed by atoms with van der Waals surface area (Å²) in [5.41, 5.74) is 2.14. The van der Waals surface area contributed by atoms with Gasteiger partial charge in [0.15, 0.2) is 0 Å². The van der Waals surface area contributed by atoms with Crippen molar-refractivity contribution in [2.75, 3.05) is 6.61 Å². The quantitative estimate of drug-likeness (QED) is 0.909. The Bertz CT molecular complexity index is 555. The minimum Gasteiger partial charge on any atom is -0.494 e. The van der Waals surface area contributed by atoms with Crippen LogP contribution in [0.5, 0.6) is 5.75 Å². The van der Waals surface area contributed by atoms with Crippen LogP contribution in [0.4, 0.5) is 0 Å². The van der Waals surface area contributed by atoms with E-state index in [-0.39, 0.29) is 5.54 Å². The molecule has 20 heavy (non-hydrogen) atoms. The van der Waals surface area contributed by atoms with Gasteiger partial charge in [0.1, 0.15) is 5.75 Å². The van der Waals surface area contributed by atoms with Crippen molar-refractivity contribution in [1.29, 1.82) is 0 Å². The molecule has 0 saturated carbocycles. The second-order valence-electron chi connectivity index (χ2n) is 5.79. The standard InChI is InChI=1S/C16H23N3O/c1-5-20-15-8-6-7-14(11-15)19-10-9-13(18-19)12-17-16(2,3)4/h6-11,17H,5,12H2,1-4H3. The van der Waals surface area contributed by atoms with Crippen molar-refractivity contribution in [2.24, 2.45) is 0 Å². The van der Waals surface area contributed by atoms with Crippen molar-refractivity contribution < 1.29 is 4.74 Å². The number of hydrogen-bond acceptors (Lipinski definition) is 3. The Kier molecular flexibility index (Phi) is 4.45. The van der Waals surface area contributed by atoms with Crippen LogP contribution in [0, 0.1) is 0 Å². The zero-order valence-electron chi connectivity index (χ0n) is 12.7. The van der Waals surface area contributed by atoms with Crippen LogP contribution >= 0.6 is 0 Å². The van der Waals surface area contributed by atoms with E-state index in [1.54, 1.807) is 0 Å². The molecule has 0 atom stereocenters. The summed E-state index contributed by atoms with van der Waals surface area (Å²) in [7, 11) is 0. The first-order valence-electron chi connectivity index (χ1n) is 7.01. The van der Waals surface area contributed by atoms with E-state index in [0.717, 1.165) is 23.7 Å². The van der Waals surface area contributed by atoms with Gasteiger partial charge < -0.3 is 10.1 Å². The topological polar surface area (TPSA) is 39.1 Å². The van der Waals surface area contributed by atoms with Gasteiger partial charge in [-0.3, -0.25) is 0 Å². The Morgan fingerprint density at radius 2 is 2.05 bits per heavy atom. The first kappa shape index (κ1) is 14.6. The molecule has 108 valence electrons. The smallest absolute Gasteiger partial charge is 0.121 e. The molecule has 1 aromatic heterocycles. The second kappa shape index (κ2) is 6.09. The fraction of sp³-hybridized carbons (Fsp3) is 0.438. The highest BCUT2D eigenvalue weighted by Crippen LogP contribution is 2.16. The first-order chi connectivity index (χ1) is 9.48. The summed E-state index contributed by atoms with van der Waals surface area (Å²) in [5.74, 6) is 0.870. The maximum Gasteiger partial charge on any atom is 0.121 e. The predicted octanol–water partition coefficient (Wildman–Crippen LogP) is 3.16. The molecule has 2 aromatic rings. The molecule has 2 rings (SSSR count). The summed E-state index contributed by atoms with van der Waals surface area (Å²) in [6.45, 7) is 9.86. The summed E-state index contributed by atoms with van der Waals surface area (Å²) < 4.78 is 7.39. The van der Waals surface area contributed by atoms with Crippen molar-refractivity contribution >= 4 is 0 Å². The summed E-state index contributed by atoms with van der Waals surface area (Å²) in [5, 5.41) is 8.02. The molecule has 0 fully saturated rings. The van der Waals surface area contributed by atoms with Crippen LogP contribution < -0.4 is 10.1 Å². The molecule has 1 heterocycles. The van der Waals surface area contributed by atoms with Crippen molar-refractivity contribution in [1.82, 2.24) is 15.1 Å². The van der Waals surface area contributed by atoms with Crippen molar-refractivity contribution in [2.45, 2.75) is 39.8 Å².